The second-order valence-electron chi connectivity index (χ2n) is 4.86. The van der Waals surface area contributed by atoms with E-state index in [0.717, 1.165) is 37.6 Å². The average molecular weight is 223 g/mol. The van der Waals surface area contributed by atoms with Crippen molar-refractivity contribution in [3.63, 3.8) is 0 Å². The number of hydrogen-bond donors (Lipinski definition) is 1. The van der Waals surface area contributed by atoms with E-state index in [0.29, 0.717) is 19.1 Å². The molecule has 0 spiro atoms. The third-order valence-electron chi connectivity index (χ3n) is 3.89. The molecule has 16 heavy (non-hydrogen) atoms. The number of ether oxygens (including phenoxy) is 1. The smallest absolute Gasteiger partial charge is 0.234 e. The van der Waals surface area contributed by atoms with Crippen LogP contribution in [0.3, 0.4) is 0 Å². The van der Waals surface area contributed by atoms with Crippen molar-refractivity contribution >= 4 is 0 Å². The maximum absolute atomic E-state index is 5.81. The van der Waals surface area contributed by atoms with Gasteiger partial charge in [0.1, 0.15) is 0 Å². The lowest BCUT2D eigenvalue weighted by atomic mass is 9.69. The summed E-state index contributed by atoms with van der Waals surface area (Å²) < 4.78 is 10.7. The second-order valence-corrected chi connectivity index (χ2v) is 4.86. The van der Waals surface area contributed by atoms with Crippen molar-refractivity contribution in [2.24, 2.45) is 5.73 Å². The van der Waals surface area contributed by atoms with Crippen molar-refractivity contribution < 1.29 is 9.26 Å². The molecule has 88 valence electrons. The van der Waals surface area contributed by atoms with Crippen LogP contribution in [0.2, 0.25) is 0 Å². The van der Waals surface area contributed by atoms with Crippen LogP contribution in [0.15, 0.2) is 4.52 Å². The predicted octanol–water partition coefficient (Wildman–Crippen LogP) is 0.954. The standard InChI is InChI=1S/C11H17N3O2/c12-7-11(3-1-4-11)10-13-9(14-16-10)8-2-5-15-6-8/h8H,1-7,12H2. The Bertz CT molecular complexity index is 362. The highest BCUT2D eigenvalue weighted by molar-refractivity contribution is 5.12. The first kappa shape index (κ1) is 10.2. The monoisotopic (exact) mass is 223 g/mol. The van der Waals surface area contributed by atoms with E-state index < -0.39 is 0 Å². The molecule has 1 unspecified atom stereocenters. The Labute approximate surface area is 94.3 Å². The van der Waals surface area contributed by atoms with Gasteiger partial charge in [0.2, 0.25) is 5.89 Å². The van der Waals surface area contributed by atoms with Crippen LogP contribution in [0.4, 0.5) is 0 Å². The SMILES string of the molecule is NCC1(c2nc(C3CCOC3)no2)CCC1. The molecule has 1 aliphatic carbocycles. The zero-order valence-electron chi connectivity index (χ0n) is 9.32. The Kier molecular flexibility index (Phi) is 2.44. The van der Waals surface area contributed by atoms with Crippen LogP contribution in [0.1, 0.15) is 43.3 Å². The summed E-state index contributed by atoms with van der Waals surface area (Å²) in [5.41, 5.74) is 5.79. The lowest BCUT2D eigenvalue weighted by molar-refractivity contribution is 0.181. The van der Waals surface area contributed by atoms with Gasteiger partial charge in [0.05, 0.1) is 12.0 Å². The zero-order chi connectivity index (χ0) is 11.0. The Morgan fingerprint density at radius 1 is 1.44 bits per heavy atom. The van der Waals surface area contributed by atoms with E-state index in [4.69, 9.17) is 15.0 Å². The molecule has 2 N–H and O–H groups in total. The van der Waals surface area contributed by atoms with Crippen molar-refractivity contribution in [1.82, 2.24) is 10.1 Å². The van der Waals surface area contributed by atoms with E-state index in [1.165, 1.54) is 6.42 Å². The van der Waals surface area contributed by atoms with Gasteiger partial charge in [-0.15, -0.1) is 0 Å². The maximum atomic E-state index is 5.81. The highest BCUT2D eigenvalue weighted by atomic mass is 16.5. The first-order chi connectivity index (χ1) is 7.84. The summed E-state index contributed by atoms with van der Waals surface area (Å²) in [6, 6.07) is 0. The second kappa shape index (κ2) is 3.82. The topological polar surface area (TPSA) is 74.2 Å². The van der Waals surface area contributed by atoms with Crippen LogP contribution in [-0.2, 0) is 10.2 Å². The van der Waals surface area contributed by atoms with Gasteiger partial charge in [-0.05, 0) is 19.3 Å². The van der Waals surface area contributed by atoms with Gasteiger partial charge in [-0.25, -0.2) is 0 Å². The summed E-state index contributed by atoms with van der Waals surface area (Å²) >= 11 is 0. The third kappa shape index (κ3) is 1.46. The highest BCUT2D eigenvalue weighted by Crippen LogP contribution is 2.42. The van der Waals surface area contributed by atoms with Gasteiger partial charge in [-0.1, -0.05) is 11.6 Å². The Morgan fingerprint density at radius 3 is 2.88 bits per heavy atom. The van der Waals surface area contributed by atoms with E-state index in [9.17, 15) is 0 Å². The molecule has 1 saturated heterocycles. The minimum Gasteiger partial charge on any atom is -0.381 e. The zero-order valence-corrected chi connectivity index (χ0v) is 9.32. The molecule has 1 aromatic rings. The van der Waals surface area contributed by atoms with E-state index in [1.54, 1.807) is 0 Å². The molecule has 1 saturated carbocycles. The van der Waals surface area contributed by atoms with Gasteiger partial charge < -0.3 is 15.0 Å². The summed E-state index contributed by atoms with van der Waals surface area (Å²) in [5, 5.41) is 4.07. The van der Waals surface area contributed by atoms with Gasteiger partial charge in [0.15, 0.2) is 5.82 Å². The number of rotatable bonds is 3. The molecule has 2 fully saturated rings. The number of aromatic nitrogens is 2. The maximum Gasteiger partial charge on any atom is 0.234 e. The van der Waals surface area contributed by atoms with E-state index in [-0.39, 0.29) is 5.41 Å². The lowest BCUT2D eigenvalue weighted by Gasteiger charge is -2.36. The number of hydrogen-bond acceptors (Lipinski definition) is 5. The van der Waals surface area contributed by atoms with Gasteiger partial charge >= 0.3 is 0 Å². The first-order valence-electron chi connectivity index (χ1n) is 5.96. The molecule has 0 bridgehead atoms. The van der Waals surface area contributed by atoms with Crippen molar-refractivity contribution in [2.75, 3.05) is 19.8 Å². The molecule has 1 aromatic heterocycles. The summed E-state index contributed by atoms with van der Waals surface area (Å²) in [6.45, 7) is 2.13. The molecule has 3 rings (SSSR count). The molecule has 5 heteroatoms. The van der Waals surface area contributed by atoms with Crippen LogP contribution < -0.4 is 5.73 Å². The molecule has 0 radical (unpaired) electrons. The van der Waals surface area contributed by atoms with Crippen molar-refractivity contribution in [3.8, 4) is 0 Å². The van der Waals surface area contributed by atoms with Gasteiger partial charge in [-0.3, -0.25) is 0 Å². The van der Waals surface area contributed by atoms with Gasteiger partial charge in [0.25, 0.3) is 0 Å². The fourth-order valence-corrected chi connectivity index (χ4v) is 2.46. The normalized spacial score (nSPS) is 27.9. The predicted molar refractivity (Wildman–Crippen MR) is 57.1 cm³/mol. The van der Waals surface area contributed by atoms with Crippen LogP contribution in [0.25, 0.3) is 0 Å². The van der Waals surface area contributed by atoms with Crippen LogP contribution in [0.5, 0.6) is 0 Å². The summed E-state index contributed by atoms with van der Waals surface area (Å²) in [6.07, 6.45) is 4.36. The summed E-state index contributed by atoms with van der Waals surface area (Å²) in [7, 11) is 0. The lowest BCUT2D eigenvalue weighted by Crippen LogP contribution is -2.41. The fourth-order valence-electron chi connectivity index (χ4n) is 2.46. The van der Waals surface area contributed by atoms with Gasteiger partial charge in [-0.2, -0.15) is 4.98 Å². The Hall–Kier alpha value is -0.940. The summed E-state index contributed by atoms with van der Waals surface area (Å²) in [5.74, 6) is 1.85. The molecule has 2 aliphatic rings. The third-order valence-corrected chi connectivity index (χ3v) is 3.89. The number of nitrogens with zero attached hydrogens (tertiary/aromatic N) is 2. The van der Waals surface area contributed by atoms with E-state index in [1.807, 2.05) is 0 Å². The molecule has 5 nitrogen and oxygen atoms in total. The van der Waals surface area contributed by atoms with Crippen LogP contribution in [-0.4, -0.2) is 29.9 Å². The summed E-state index contributed by atoms with van der Waals surface area (Å²) in [4.78, 5) is 4.52. The molecule has 1 atom stereocenters. The Morgan fingerprint density at radius 2 is 2.31 bits per heavy atom. The quantitative estimate of drug-likeness (QED) is 0.826. The van der Waals surface area contributed by atoms with Crippen molar-refractivity contribution in [3.05, 3.63) is 11.7 Å². The largest absolute Gasteiger partial charge is 0.381 e. The minimum atomic E-state index is -0.0231. The molecule has 0 aromatic carbocycles. The fraction of sp³-hybridized carbons (Fsp3) is 0.818. The molecule has 0 amide bonds. The molecule has 2 heterocycles. The first-order valence-corrected chi connectivity index (χ1v) is 5.96. The van der Waals surface area contributed by atoms with Crippen molar-refractivity contribution in [2.45, 2.75) is 37.0 Å². The van der Waals surface area contributed by atoms with Crippen LogP contribution >= 0.6 is 0 Å². The number of nitrogens with two attached hydrogens (primary N) is 1. The molecule has 1 aliphatic heterocycles. The van der Waals surface area contributed by atoms with E-state index >= 15 is 0 Å². The average Bonchev–Trinajstić information content (AvgIpc) is 2.86. The van der Waals surface area contributed by atoms with Gasteiger partial charge in [0, 0.05) is 19.1 Å². The minimum absolute atomic E-state index is 0.0231. The molecular weight excluding hydrogens is 206 g/mol. The van der Waals surface area contributed by atoms with Crippen molar-refractivity contribution in [1.29, 1.82) is 0 Å². The highest BCUT2D eigenvalue weighted by Gasteiger charge is 2.43. The molecular formula is C11H17N3O2. The van der Waals surface area contributed by atoms with Crippen LogP contribution in [0, 0.1) is 0 Å². The Balaban J connectivity index is 1.81. The van der Waals surface area contributed by atoms with E-state index in [2.05, 4.69) is 10.1 Å².